The van der Waals surface area contributed by atoms with Gasteiger partial charge in [-0.1, -0.05) is 37.6 Å². The molecule has 1 aromatic rings. The molecular formula is C18H29ClN2. The monoisotopic (exact) mass is 308 g/mol. The van der Waals surface area contributed by atoms with Crippen LogP contribution in [0.2, 0.25) is 5.02 Å². The second kappa shape index (κ2) is 8.17. The summed E-state index contributed by atoms with van der Waals surface area (Å²) in [7, 11) is 0. The highest BCUT2D eigenvalue weighted by atomic mass is 35.5. The molecule has 118 valence electrons. The lowest BCUT2D eigenvalue weighted by Gasteiger charge is -2.37. The van der Waals surface area contributed by atoms with Gasteiger partial charge in [0, 0.05) is 23.7 Å². The zero-order valence-corrected chi connectivity index (χ0v) is 14.4. The number of piperidine rings is 1. The summed E-state index contributed by atoms with van der Waals surface area (Å²) < 4.78 is 0. The highest BCUT2D eigenvalue weighted by molar-refractivity contribution is 6.30. The van der Waals surface area contributed by atoms with Crippen LogP contribution in [0.3, 0.4) is 0 Å². The summed E-state index contributed by atoms with van der Waals surface area (Å²) in [5.41, 5.74) is 1.38. The van der Waals surface area contributed by atoms with Crippen molar-refractivity contribution in [2.45, 2.75) is 52.1 Å². The van der Waals surface area contributed by atoms with E-state index in [0.717, 1.165) is 23.9 Å². The fourth-order valence-electron chi connectivity index (χ4n) is 3.16. The fourth-order valence-corrected chi connectivity index (χ4v) is 3.28. The number of rotatable bonds is 6. The molecule has 1 fully saturated rings. The third-order valence-electron chi connectivity index (χ3n) is 4.43. The molecule has 1 N–H and O–H groups in total. The van der Waals surface area contributed by atoms with E-state index in [1.807, 2.05) is 12.1 Å². The summed E-state index contributed by atoms with van der Waals surface area (Å²) in [6, 6.07) is 9.49. The number of nitrogens with one attached hydrogen (secondary N) is 1. The molecule has 2 unspecified atom stereocenters. The molecule has 1 aromatic carbocycles. The molecule has 1 aliphatic rings. The normalized spacial score (nSPS) is 21.7. The molecule has 0 spiro atoms. The molecule has 2 nitrogen and oxygen atoms in total. The van der Waals surface area contributed by atoms with Crippen molar-refractivity contribution in [2.75, 3.05) is 19.6 Å². The van der Waals surface area contributed by atoms with E-state index < -0.39 is 0 Å². The number of halogens is 1. The minimum atomic E-state index is 0.590. The van der Waals surface area contributed by atoms with Crippen LogP contribution in [0.15, 0.2) is 24.3 Å². The van der Waals surface area contributed by atoms with Crippen LogP contribution in [0.5, 0.6) is 0 Å². The summed E-state index contributed by atoms with van der Waals surface area (Å²) in [6.07, 6.45) is 3.81. The van der Waals surface area contributed by atoms with Crippen LogP contribution in [0, 0.1) is 5.92 Å². The Labute approximate surface area is 134 Å². The number of benzene rings is 1. The molecule has 0 aliphatic carbocycles. The smallest absolute Gasteiger partial charge is 0.0406 e. The van der Waals surface area contributed by atoms with Crippen LogP contribution in [0.25, 0.3) is 0 Å². The predicted octanol–water partition coefficient (Wildman–Crippen LogP) is 3.98. The first kappa shape index (κ1) is 16.8. The van der Waals surface area contributed by atoms with Gasteiger partial charge >= 0.3 is 0 Å². The predicted molar refractivity (Wildman–Crippen MR) is 92.1 cm³/mol. The summed E-state index contributed by atoms with van der Waals surface area (Å²) in [5.74, 6) is 0.800. The van der Waals surface area contributed by atoms with Gasteiger partial charge in [-0.05, 0) is 62.9 Å². The molecule has 0 aromatic heterocycles. The molecule has 0 amide bonds. The molecule has 1 saturated heterocycles. The van der Waals surface area contributed by atoms with Crippen molar-refractivity contribution >= 4 is 11.6 Å². The molecule has 21 heavy (non-hydrogen) atoms. The Morgan fingerprint density at radius 3 is 2.62 bits per heavy atom. The Hall–Kier alpha value is -0.570. The summed E-state index contributed by atoms with van der Waals surface area (Å²) >= 11 is 5.96. The van der Waals surface area contributed by atoms with Crippen LogP contribution in [-0.4, -0.2) is 36.6 Å². The van der Waals surface area contributed by atoms with Crippen molar-refractivity contribution in [1.82, 2.24) is 10.2 Å². The van der Waals surface area contributed by atoms with Crippen LogP contribution < -0.4 is 5.32 Å². The first-order chi connectivity index (χ1) is 10.0. The first-order valence-corrected chi connectivity index (χ1v) is 8.64. The van der Waals surface area contributed by atoms with Crippen molar-refractivity contribution in [3.63, 3.8) is 0 Å². The second-order valence-electron chi connectivity index (χ2n) is 6.75. The van der Waals surface area contributed by atoms with E-state index in [-0.39, 0.29) is 0 Å². The van der Waals surface area contributed by atoms with Crippen LogP contribution in [-0.2, 0) is 6.42 Å². The van der Waals surface area contributed by atoms with E-state index in [9.17, 15) is 0 Å². The Balaban J connectivity index is 1.83. The molecule has 3 heteroatoms. The maximum absolute atomic E-state index is 5.96. The number of nitrogens with zero attached hydrogens (tertiary/aromatic N) is 1. The van der Waals surface area contributed by atoms with Gasteiger partial charge in [0.2, 0.25) is 0 Å². The van der Waals surface area contributed by atoms with Crippen LogP contribution in [0.4, 0.5) is 0 Å². The topological polar surface area (TPSA) is 15.3 Å². The van der Waals surface area contributed by atoms with Gasteiger partial charge in [-0.3, -0.25) is 0 Å². The van der Waals surface area contributed by atoms with Crippen LogP contribution >= 0.6 is 11.6 Å². The van der Waals surface area contributed by atoms with E-state index in [4.69, 9.17) is 11.6 Å². The highest BCUT2D eigenvalue weighted by Gasteiger charge is 2.23. The molecule has 0 bridgehead atoms. The molecule has 1 aliphatic heterocycles. The standard InChI is InChI=1S/C18H29ClN2/c1-14(2)20-12-17-5-4-10-21(13-17)15(3)11-16-6-8-18(19)9-7-16/h6-9,14-15,17,20H,4-5,10-13H2,1-3H3. The van der Waals surface area contributed by atoms with Crippen molar-refractivity contribution in [2.24, 2.45) is 5.92 Å². The largest absolute Gasteiger partial charge is 0.314 e. The Morgan fingerprint density at radius 1 is 1.24 bits per heavy atom. The van der Waals surface area contributed by atoms with E-state index in [2.05, 4.69) is 43.1 Å². The van der Waals surface area contributed by atoms with E-state index in [0.29, 0.717) is 12.1 Å². The van der Waals surface area contributed by atoms with Crippen molar-refractivity contribution in [3.8, 4) is 0 Å². The lowest BCUT2D eigenvalue weighted by atomic mass is 9.95. The Bertz CT molecular complexity index is 416. The van der Waals surface area contributed by atoms with Crippen molar-refractivity contribution in [3.05, 3.63) is 34.9 Å². The first-order valence-electron chi connectivity index (χ1n) is 8.26. The SMILES string of the molecule is CC(C)NCC1CCCN(C(C)Cc2ccc(Cl)cc2)C1. The van der Waals surface area contributed by atoms with Gasteiger partial charge in [0.25, 0.3) is 0 Å². The minimum absolute atomic E-state index is 0.590. The van der Waals surface area contributed by atoms with Crippen molar-refractivity contribution < 1.29 is 0 Å². The Morgan fingerprint density at radius 2 is 1.95 bits per heavy atom. The maximum atomic E-state index is 5.96. The van der Waals surface area contributed by atoms with E-state index >= 15 is 0 Å². The molecular weight excluding hydrogens is 280 g/mol. The van der Waals surface area contributed by atoms with E-state index in [1.54, 1.807) is 0 Å². The average molecular weight is 309 g/mol. The van der Waals surface area contributed by atoms with Gasteiger partial charge in [0.15, 0.2) is 0 Å². The summed E-state index contributed by atoms with van der Waals surface area (Å²) in [4.78, 5) is 2.66. The third-order valence-corrected chi connectivity index (χ3v) is 4.68. The number of hydrogen-bond acceptors (Lipinski definition) is 2. The van der Waals surface area contributed by atoms with Crippen molar-refractivity contribution in [1.29, 1.82) is 0 Å². The molecule has 0 radical (unpaired) electrons. The third kappa shape index (κ3) is 5.61. The van der Waals surface area contributed by atoms with Gasteiger partial charge in [0.05, 0.1) is 0 Å². The molecule has 2 rings (SSSR count). The Kier molecular flexibility index (Phi) is 6.53. The maximum Gasteiger partial charge on any atom is 0.0406 e. The zero-order chi connectivity index (χ0) is 15.2. The zero-order valence-electron chi connectivity index (χ0n) is 13.6. The molecule has 0 saturated carbocycles. The van der Waals surface area contributed by atoms with Gasteiger partial charge in [0.1, 0.15) is 0 Å². The van der Waals surface area contributed by atoms with Gasteiger partial charge in [-0.15, -0.1) is 0 Å². The minimum Gasteiger partial charge on any atom is -0.314 e. The van der Waals surface area contributed by atoms with Crippen LogP contribution in [0.1, 0.15) is 39.2 Å². The summed E-state index contributed by atoms with van der Waals surface area (Å²) in [6.45, 7) is 10.4. The number of hydrogen-bond donors (Lipinski definition) is 1. The second-order valence-corrected chi connectivity index (χ2v) is 7.18. The van der Waals surface area contributed by atoms with Gasteiger partial charge < -0.3 is 10.2 Å². The lowest BCUT2D eigenvalue weighted by Crippen LogP contribution is -2.45. The average Bonchev–Trinajstić information content (AvgIpc) is 2.48. The molecule has 1 heterocycles. The highest BCUT2D eigenvalue weighted by Crippen LogP contribution is 2.20. The quantitative estimate of drug-likeness (QED) is 0.855. The summed E-state index contributed by atoms with van der Waals surface area (Å²) in [5, 5.41) is 4.41. The van der Waals surface area contributed by atoms with Gasteiger partial charge in [-0.25, -0.2) is 0 Å². The molecule has 2 atom stereocenters. The lowest BCUT2D eigenvalue weighted by molar-refractivity contribution is 0.129. The number of likely N-dealkylation sites (tertiary alicyclic amines) is 1. The van der Waals surface area contributed by atoms with E-state index in [1.165, 1.54) is 31.5 Å². The van der Waals surface area contributed by atoms with Gasteiger partial charge in [-0.2, -0.15) is 0 Å². The fraction of sp³-hybridized carbons (Fsp3) is 0.667.